The molecule has 1 saturated heterocycles. The fourth-order valence-corrected chi connectivity index (χ4v) is 5.55. The highest BCUT2D eigenvalue weighted by Gasteiger charge is 2.31. The molecule has 0 aromatic heterocycles. The molecule has 4 rings (SSSR count). The van der Waals surface area contributed by atoms with Gasteiger partial charge in [0.2, 0.25) is 15.9 Å². The van der Waals surface area contributed by atoms with Crippen LogP contribution in [0.3, 0.4) is 0 Å². The highest BCUT2D eigenvalue weighted by Crippen LogP contribution is 2.33. The molecule has 0 radical (unpaired) electrons. The Hall–Kier alpha value is -2.62. The number of nitrogens with zero attached hydrogens (tertiary/aromatic N) is 3. The molecule has 9 heteroatoms. The minimum Gasteiger partial charge on any atom is -0.486 e. The monoisotopic (exact) mass is 473 g/mol. The zero-order valence-corrected chi connectivity index (χ0v) is 20.0. The third kappa shape index (κ3) is 5.31. The third-order valence-corrected chi connectivity index (χ3v) is 8.10. The Kier molecular flexibility index (Phi) is 7.21. The lowest BCUT2D eigenvalue weighted by atomic mass is 10.1. The van der Waals surface area contributed by atoms with Crippen molar-refractivity contribution in [3.63, 3.8) is 0 Å². The maximum Gasteiger partial charge on any atom is 0.243 e. The van der Waals surface area contributed by atoms with Crippen molar-refractivity contribution < 1.29 is 22.7 Å². The molecule has 2 aliphatic rings. The van der Waals surface area contributed by atoms with Crippen molar-refractivity contribution in [3.05, 3.63) is 53.6 Å². The number of aryl methyl sites for hydroxylation is 1. The molecule has 2 heterocycles. The maximum atomic E-state index is 13.1. The van der Waals surface area contributed by atoms with E-state index < -0.39 is 10.0 Å². The van der Waals surface area contributed by atoms with Gasteiger partial charge in [0.05, 0.1) is 11.4 Å². The van der Waals surface area contributed by atoms with Gasteiger partial charge >= 0.3 is 0 Å². The van der Waals surface area contributed by atoms with E-state index in [9.17, 15) is 13.2 Å². The Labute approximate surface area is 195 Å². The number of likely N-dealkylation sites (N-methyl/N-ethyl adjacent to an activating group) is 1. The van der Waals surface area contributed by atoms with E-state index in [0.717, 1.165) is 6.54 Å². The molecule has 2 aliphatic heterocycles. The van der Waals surface area contributed by atoms with Gasteiger partial charge < -0.3 is 14.4 Å². The van der Waals surface area contributed by atoms with E-state index in [1.54, 1.807) is 17.0 Å². The molecule has 0 aliphatic carbocycles. The lowest BCUT2D eigenvalue weighted by molar-refractivity contribution is -0.133. The molecular weight excluding hydrogens is 442 g/mol. The summed E-state index contributed by atoms with van der Waals surface area (Å²) in [6.45, 7) is 8.07. The zero-order chi connectivity index (χ0) is 23.4. The molecule has 0 spiro atoms. The van der Waals surface area contributed by atoms with Gasteiger partial charge in [-0.05, 0) is 36.7 Å². The quantitative estimate of drug-likeness (QED) is 0.613. The van der Waals surface area contributed by atoms with Crippen molar-refractivity contribution >= 4 is 15.9 Å². The van der Waals surface area contributed by atoms with Crippen molar-refractivity contribution in [1.29, 1.82) is 0 Å². The Bertz CT molecular complexity index is 1100. The smallest absolute Gasteiger partial charge is 0.243 e. The van der Waals surface area contributed by atoms with Crippen molar-refractivity contribution in [3.8, 4) is 11.5 Å². The predicted octanol–water partition coefficient (Wildman–Crippen LogP) is 2.12. The van der Waals surface area contributed by atoms with Crippen LogP contribution in [0.5, 0.6) is 11.5 Å². The number of amides is 1. The molecule has 33 heavy (non-hydrogen) atoms. The first-order valence-corrected chi connectivity index (χ1v) is 12.8. The van der Waals surface area contributed by atoms with E-state index in [0.29, 0.717) is 50.9 Å². The minimum atomic E-state index is -3.67. The molecular formula is C24H31N3O5S. The summed E-state index contributed by atoms with van der Waals surface area (Å²) in [7, 11) is -3.67. The van der Waals surface area contributed by atoms with Crippen molar-refractivity contribution in [2.45, 2.75) is 25.3 Å². The van der Waals surface area contributed by atoms with Gasteiger partial charge in [-0.3, -0.25) is 9.69 Å². The number of hydrogen-bond donors (Lipinski definition) is 0. The summed E-state index contributed by atoms with van der Waals surface area (Å²) in [5.41, 5.74) is 2.42. The fourth-order valence-electron chi connectivity index (χ4n) is 4.11. The fraction of sp³-hybridized carbons (Fsp3) is 0.458. The Balaban J connectivity index is 1.35. The van der Waals surface area contributed by atoms with Crippen LogP contribution >= 0.6 is 0 Å². The number of fused-ring (bicyclic) bond motifs is 1. The first kappa shape index (κ1) is 23.5. The molecule has 0 bridgehead atoms. The summed E-state index contributed by atoms with van der Waals surface area (Å²) in [5, 5.41) is 0. The number of carbonyl (C=O) groups excluding carboxylic acids is 1. The number of rotatable bonds is 7. The molecule has 2 aromatic rings. The second-order valence-electron chi connectivity index (χ2n) is 8.32. The maximum absolute atomic E-state index is 13.1. The van der Waals surface area contributed by atoms with Gasteiger partial charge in [0.25, 0.3) is 0 Å². The molecule has 0 N–H and O–H groups in total. The second kappa shape index (κ2) is 10.1. The first-order chi connectivity index (χ1) is 15.9. The van der Waals surface area contributed by atoms with Crippen LogP contribution < -0.4 is 9.47 Å². The van der Waals surface area contributed by atoms with Gasteiger partial charge in [0, 0.05) is 38.8 Å². The SMILES string of the molecule is CCN(CC(=O)N1CCN(S(=O)(=O)c2ccc3c(c2)OCCO3)CC1)Cc1ccccc1C. The van der Waals surface area contributed by atoms with Gasteiger partial charge in [-0.2, -0.15) is 4.31 Å². The van der Waals surface area contributed by atoms with Crippen molar-refractivity contribution in [1.82, 2.24) is 14.1 Å². The molecule has 178 valence electrons. The normalized spacial score (nSPS) is 16.8. The summed E-state index contributed by atoms with van der Waals surface area (Å²) >= 11 is 0. The molecule has 8 nitrogen and oxygen atoms in total. The van der Waals surface area contributed by atoms with Crippen LogP contribution in [0.1, 0.15) is 18.1 Å². The standard InChI is InChI=1S/C24H31N3O5S/c1-3-25(17-20-7-5-4-6-19(20)2)18-24(28)26-10-12-27(13-11-26)33(29,30)21-8-9-22-23(16-21)32-15-14-31-22/h4-9,16H,3,10-15,17-18H2,1-2H3. The number of sulfonamides is 1. The van der Waals surface area contributed by atoms with Gasteiger partial charge in [-0.25, -0.2) is 8.42 Å². The van der Waals surface area contributed by atoms with Crippen molar-refractivity contribution in [2.24, 2.45) is 0 Å². The van der Waals surface area contributed by atoms with E-state index in [-0.39, 0.29) is 23.9 Å². The average molecular weight is 474 g/mol. The first-order valence-electron chi connectivity index (χ1n) is 11.3. The third-order valence-electron chi connectivity index (χ3n) is 6.20. The van der Waals surface area contributed by atoms with Gasteiger partial charge in [-0.1, -0.05) is 31.2 Å². The predicted molar refractivity (Wildman–Crippen MR) is 125 cm³/mol. The lowest BCUT2D eigenvalue weighted by Crippen LogP contribution is -2.52. The van der Waals surface area contributed by atoms with Crippen LogP contribution in [0.25, 0.3) is 0 Å². The second-order valence-corrected chi connectivity index (χ2v) is 10.3. The van der Waals surface area contributed by atoms with E-state index >= 15 is 0 Å². The number of benzene rings is 2. The van der Waals surface area contributed by atoms with Crippen LogP contribution in [0.15, 0.2) is 47.4 Å². The number of piperazine rings is 1. The van der Waals surface area contributed by atoms with Crippen LogP contribution in [0.2, 0.25) is 0 Å². The van der Waals surface area contributed by atoms with Gasteiger partial charge in [0.1, 0.15) is 13.2 Å². The van der Waals surface area contributed by atoms with E-state index in [2.05, 4.69) is 24.0 Å². The summed E-state index contributed by atoms with van der Waals surface area (Å²) in [6, 6.07) is 12.9. The van der Waals surface area contributed by atoms with Crippen LogP contribution in [-0.4, -0.2) is 80.9 Å². The van der Waals surface area contributed by atoms with E-state index in [4.69, 9.17) is 9.47 Å². The topological polar surface area (TPSA) is 79.4 Å². The molecule has 1 fully saturated rings. The lowest BCUT2D eigenvalue weighted by Gasteiger charge is -2.35. The van der Waals surface area contributed by atoms with Crippen LogP contribution in [-0.2, 0) is 21.4 Å². The Morgan fingerprint density at radius 2 is 1.70 bits per heavy atom. The summed E-state index contributed by atoms with van der Waals surface area (Å²) < 4.78 is 38.7. The zero-order valence-electron chi connectivity index (χ0n) is 19.2. The Morgan fingerprint density at radius 1 is 1.00 bits per heavy atom. The van der Waals surface area contributed by atoms with Gasteiger partial charge in [-0.15, -0.1) is 0 Å². The molecule has 1 amide bonds. The van der Waals surface area contributed by atoms with Crippen molar-refractivity contribution in [2.75, 3.05) is 52.5 Å². The highest BCUT2D eigenvalue weighted by molar-refractivity contribution is 7.89. The van der Waals surface area contributed by atoms with Gasteiger partial charge in [0.15, 0.2) is 11.5 Å². The molecule has 0 atom stereocenters. The molecule has 0 unspecified atom stereocenters. The molecule has 0 saturated carbocycles. The van der Waals surface area contributed by atoms with E-state index in [1.165, 1.54) is 21.5 Å². The number of ether oxygens (including phenoxy) is 2. The van der Waals surface area contributed by atoms with E-state index in [1.807, 2.05) is 19.1 Å². The summed E-state index contributed by atoms with van der Waals surface area (Å²) in [5.74, 6) is 1.04. The van der Waals surface area contributed by atoms with Crippen LogP contribution in [0, 0.1) is 6.92 Å². The number of hydrogen-bond acceptors (Lipinski definition) is 6. The number of carbonyl (C=O) groups is 1. The largest absolute Gasteiger partial charge is 0.486 e. The summed E-state index contributed by atoms with van der Waals surface area (Å²) in [6.07, 6.45) is 0. The minimum absolute atomic E-state index is 0.0295. The molecule has 2 aromatic carbocycles. The van der Waals surface area contributed by atoms with Crippen LogP contribution in [0.4, 0.5) is 0 Å². The average Bonchev–Trinajstić information content (AvgIpc) is 2.84. The summed E-state index contributed by atoms with van der Waals surface area (Å²) in [4.78, 5) is 17.0. The Morgan fingerprint density at radius 3 is 2.39 bits per heavy atom. The highest BCUT2D eigenvalue weighted by atomic mass is 32.2.